The lowest BCUT2D eigenvalue weighted by molar-refractivity contribution is 0.132. The lowest BCUT2D eigenvalue weighted by atomic mass is 10.2. The Balaban J connectivity index is 1.87. The lowest BCUT2D eigenvalue weighted by Crippen LogP contribution is -1.88. The first-order valence-corrected chi connectivity index (χ1v) is 6.01. The first-order chi connectivity index (χ1) is 8.74. The van der Waals surface area contributed by atoms with Gasteiger partial charge in [0.2, 0.25) is 0 Å². The van der Waals surface area contributed by atoms with Gasteiger partial charge in [0.05, 0.1) is 0 Å². The number of hydrogen-bond donors (Lipinski definition) is 0. The van der Waals surface area contributed by atoms with Crippen molar-refractivity contribution in [3.8, 4) is 0 Å². The molecule has 0 heterocycles. The van der Waals surface area contributed by atoms with E-state index in [1.54, 1.807) is 12.1 Å². The van der Waals surface area contributed by atoms with Crippen LogP contribution in [0.1, 0.15) is 16.7 Å². The molecule has 0 aliphatic rings. The van der Waals surface area contributed by atoms with Gasteiger partial charge in [-0.05, 0) is 24.6 Å². The molecule has 0 aromatic heterocycles. The summed E-state index contributed by atoms with van der Waals surface area (Å²) in [6.45, 7) is 2.49. The molecule has 0 atom stereocenters. The first kappa shape index (κ1) is 12.7. The van der Waals surface area contributed by atoms with Crippen LogP contribution in [0.3, 0.4) is 0 Å². The summed E-state index contributed by atoms with van der Waals surface area (Å²) >= 11 is 5.85. The van der Waals surface area contributed by atoms with E-state index in [4.69, 9.17) is 16.4 Å². The molecule has 91 valence electrons. The van der Waals surface area contributed by atoms with Crippen molar-refractivity contribution in [1.82, 2.24) is 0 Å². The Morgan fingerprint density at radius 1 is 1.17 bits per heavy atom. The van der Waals surface area contributed by atoms with Crippen LogP contribution in [0.15, 0.2) is 53.7 Å². The summed E-state index contributed by atoms with van der Waals surface area (Å²) < 4.78 is 0. The smallest absolute Gasteiger partial charge is 0.142 e. The number of aryl methyl sites for hydroxylation is 1. The lowest BCUT2D eigenvalue weighted by Gasteiger charge is -2.00. The van der Waals surface area contributed by atoms with Crippen molar-refractivity contribution in [3.63, 3.8) is 0 Å². The third kappa shape index (κ3) is 3.90. The van der Waals surface area contributed by atoms with Crippen molar-refractivity contribution in [1.29, 1.82) is 0 Å². The van der Waals surface area contributed by atoms with E-state index in [1.807, 2.05) is 36.4 Å². The topological polar surface area (TPSA) is 21.6 Å². The van der Waals surface area contributed by atoms with Crippen molar-refractivity contribution in [2.45, 2.75) is 13.5 Å². The summed E-state index contributed by atoms with van der Waals surface area (Å²) in [7, 11) is 0. The minimum atomic E-state index is 0.438. The molecular formula is C15H13ClNO. The average molecular weight is 259 g/mol. The molecule has 0 unspecified atom stereocenters. The van der Waals surface area contributed by atoms with Gasteiger partial charge in [0, 0.05) is 10.6 Å². The van der Waals surface area contributed by atoms with Crippen LogP contribution in [0.2, 0.25) is 5.02 Å². The van der Waals surface area contributed by atoms with Gasteiger partial charge < -0.3 is 4.84 Å². The van der Waals surface area contributed by atoms with E-state index in [9.17, 15) is 0 Å². The van der Waals surface area contributed by atoms with E-state index < -0.39 is 0 Å². The molecule has 2 nitrogen and oxygen atoms in total. The molecule has 0 N–H and O–H groups in total. The maximum atomic E-state index is 5.85. The largest absolute Gasteiger partial charge is 0.390 e. The molecule has 0 aliphatic carbocycles. The van der Waals surface area contributed by atoms with Gasteiger partial charge in [0.25, 0.3) is 0 Å². The molecule has 0 saturated heterocycles. The molecule has 0 aliphatic heterocycles. The molecule has 0 bridgehead atoms. The van der Waals surface area contributed by atoms with Gasteiger partial charge in [-0.1, -0.05) is 58.7 Å². The molecule has 2 aromatic rings. The van der Waals surface area contributed by atoms with Crippen molar-refractivity contribution in [2.75, 3.05) is 0 Å². The molecule has 0 amide bonds. The van der Waals surface area contributed by atoms with Crippen LogP contribution in [-0.4, -0.2) is 6.21 Å². The van der Waals surface area contributed by atoms with E-state index in [0.717, 1.165) is 11.1 Å². The molecule has 0 fully saturated rings. The Labute approximate surface area is 112 Å². The highest BCUT2D eigenvalue weighted by atomic mass is 35.5. The van der Waals surface area contributed by atoms with Crippen LogP contribution in [0.25, 0.3) is 0 Å². The van der Waals surface area contributed by atoms with E-state index in [1.165, 1.54) is 5.56 Å². The van der Waals surface area contributed by atoms with Gasteiger partial charge in [-0.3, -0.25) is 0 Å². The van der Waals surface area contributed by atoms with E-state index in [2.05, 4.69) is 18.3 Å². The molecule has 3 heteroatoms. The van der Waals surface area contributed by atoms with Gasteiger partial charge >= 0.3 is 0 Å². The van der Waals surface area contributed by atoms with E-state index >= 15 is 0 Å². The third-order valence-corrected chi connectivity index (χ3v) is 2.65. The molecule has 2 rings (SSSR count). The van der Waals surface area contributed by atoms with Crippen LogP contribution in [0.4, 0.5) is 0 Å². The predicted molar refractivity (Wildman–Crippen MR) is 74.0 cm³/mol. The first-order valence-electron chi connectivity index (χ1n) is 5.63. The highest BCUT2D eigenvalue weighted by Crippen LogP contribution is 2.09. The zero-order chi connectivity index (χ0) is 12.8. The predicted octanol–water partition coefficient (Wildman–Crippen LogP) is 4.08. The number of benzene rings is 2. The van der Waals surface area contributed by atoms with Gasteiger partial charge in [0.15, 0.2) is 0 Å². The fraction of sp³-hybridized carbons (Fsp3) is 0.133. The van der Waals surface area contributed by atoms with Crippen LogP contribution in [-0.2, 0) is 11.4 Å². The number of rotatable bonds is 4. The Bertz CT molecular complexity index is 534. The highest BCUT2D eigenvalue weighted by molar-refractivity contribution is 6.30. The fourth-order valence-corrected chi connectivity index (χ4v) is 1.62. The summed E-state index contributed by atoms with van der Waals surface area (Å²) in [5, 5.41) is 4.45. The number of nitrogens with zero attached hydrogens (tertiary/aromatic N) is 1. The van der Waals surface area contributed by atoms with Crippen LogP contribution in [0, 0.1) is 6.92 Å². The second kappa shape index (κ2) is 6.22. The van der Waals surface area contributed by atoms with Gasteiger partial charge in [-0.2, -0.15) is 0 Å². The third-order valence-electron chi connectivity index (χ3n) is 2.42. The normalized spacial score (nSPS) is 10.8. The van der Waals surface area contributed by atoms with Crippen LogP contribution in [0.5, 0.6) is 0 Å². The Morgan fingerprint density at radius 2 is 1.94 bits per heavy atom. The number of halogens is 1. The summed E-state index contributed by atoms with van der Waals surface area (Å²) in [6.07, 6.45) is 2.79. The summed E-state index contributed by atoms with van der Waals surface area (Å²) in [4.78, 5) is 5.17. The average Bonchev–Trinajstić information content (AvgIpc) is 2.37. The highest BCUT2D eigenvalue weighted by Gasteiger charge is 1.93. The number of hydrogen-bond acceptors (Lipinski definition) is 2. The fourth-order valence-electron chi connectivity index (χ4n) is 1.43. The SMILES string of the molecule is Cc1ccc(CO/N=[C]\c2cccc(Cl)c2)cc1. The minimum Gasteiger partial charge on any atom is -0.390 e. The van der Waals surface area contributed by atoms with Gasteiger partial charge in [0.1, 0.15) is 12.8 Å². The Morgan fingerprint density at radius 3 is 2.67 bits per heavy atom. The van der Waals surface area contributed by atoms with Crippen molar-refractivity contribution >= 4 is 17.8 Å². The molecular weight excluding hydrogens is 246 g/mol. The quantitative estimate of drug-likeness (QED) is 0.598. The summed E-state index contributed by atoms with van der Waals surface area (Å²) in [5.41, 5.74) is 3.11. The molecule has 1 radical (unpaired) electrons. The molecule has 0 spiro atoms. The van der Waals surface area contributed by atoms with Crippen molar-refractivity contribution < 1.29 is 4.84 Å². The maximum absolute atomic E-state index is 5.85. The summed E-state index contributed by atoms with van der Waals surface area (Å²) in [5.74, 6) is 0. The monoisotopic (exact) mass is 258 g/mol. The Hall–Kier alpha value is -1.80. The van der Waals surface area contributed by atoms with E-state index in [0.29, 0.717) is 11.6 Å². The zero-order valence-corrected chi connectivity index (χ0v) is 10.8. The zero-order valence-electron chi connectivity index (χ0n) is 10.1. The molecule has 18 heavy (non-hydrogen) atoms. The van der Waals surface area contributed by atoms with Crippen molar-refractivity contribution in [2.24, 2.45) is 5.16 Å². The van der Waals surface area contributed by atoms with Gasteiger partial charge in [-0.15, -0.1) is 0 Å². The van der Waals surface area contributed by atoms with E-state index in [-0.39, 0.29) is 0 Å². The molecule has 2 aromatic carbocycles. The standard InChI is InChI=1S/C15H13ClNO/c1-12-5-7-13(8-6-12)11-18-17-10-14-3-2-4-15(16)9-14/h2-9H,11H2,1H3. The second-order valence-electron chi connectivity index (χ2n) is 3.97. The van der Waals surface area contributed by atoms with Crippen LogP contribution >= 0.6 is 11.6 Å². The van der Waals surface area contributed by atoms with Crippen LogP contribution < -0.4 is 0 Å². The maximum Gasteiger partial charge on any atom is 0.142 e. The minimum absolute atomic E-state index is 0.438. The Kier molecular flexibility index (Phi) is 4.37. The second-order valence-corrected chi connectivity index (χ2v) is 4.41. The molecule has 0 saturated carbocycles. The van der Waals surface area contributed by atoms with Crippen molar-refractivity contribution in [3.05, 3.63) is 70.2 Å². The van der Waals surface area contributed by atoms with Gasteiger partial charge in [-0.25, -0.2) is 0 Å². The summed E-state index contributed by atoms with van der Waals surface area (Å²) in [6, 6.07) is 15.4.